The summed E-state index contributed by atoms with van der Waals surface area (Å²) in [6.45, 7) is 12.8. The Labute approximate surface area is 374 Å². The Bertz CT molecular complexity index is 2700. The molecule has 2 saturated heterocycles. The normalized spacial score (nSPS) is 30.9. The second kappa shape index (κ2) is 17.4. The highest BCUT2D eigenvalue weighted by atomic mass is 16.7. The second-order valence-electron chi connectivity index (χ2n) is 17.9. The zero-order valence-electron chi connectivity index (χ0n) is 37.8. The van der Waals surface area contributed by atoms with Crippen LogP contribution in [0.25, 0.3) is 33.3 Å². The van der Waals surface area contributed by atoms with Crippen LogP contribution in [0.2, 0.25) is 0 Å². The molecule has 0 radical (unpaired) electrons. The van der Waals surface area contributed by atoms with Crippen LogP contribution in [0.1, 0.15) is 70.3 Å². The van der Waals surface area contributed by atoms with Crippen LogP contribution < -0.4 is 20.2 Å². The lowest BCUT2D eigenvalue weighted by atomic mass is 9.86. The smallest absolute Gasteiger partial charge is 0.312 e. The Morgan fingerprint density at radius 3 is 2.43 bits per heavy atom. The molecule has 9 rings (SSSR count). The van der Waals surface area contributed by atoms with E-state index >= 15 is 0 Å². The first-order valence-electron chi connectivity index (χ1n) is 21.8. The predicted molar refractivity (Wildman–Crippen MR) is 237 cm³/mol. The van der Waals surface area contributed by atoms with Gasteiger partial charge in [0.05, 0.1) is 35.5 Å². The van der Waals surface area contributed by atoms with Crippen molar-refractivity contribution in [2.45, 2.75) is 104 Å². The number of aliphatic hydroxyl groups excluding tert-OH is 1. The number of Topliss-reactive ketones (excluding diaryl/α,β-unsaturated/α-hetero) is 1. The number of phenolic OH excluding ortho intramolecular Hbond substituents is 2. The standard InChI is InChI=1S/C48H55N3O14/c1-21-11-10-12-22(2)47(58)50-37-40(56)33-32(36-44(37)63-31-20-28(19-29(53)35(31)49-36)62-27-13-16-51(8)17-14-27)34-42(24(4)38(33)54)65-48(7,46(34)57)60-18-15-30(59-9)23(3)43(61-26(6)52)45-39(55)25(5)41(21)64-45/h10-12,15,18-21,23,25,27,30,39,41,43,45,53-55H,13-14,16-17H2,1-9H3,(H,50,58)/b11-10+,18-15+,22-12-/t21-,23+,25-,30-,39+,41-,43+,45+,48-/m0/s1. The van der Waals surface area contributed by atoms with E-state index < -0.39 is 77.0 Å². The van der Waals surface area contributed by atoms with Crippen LogP contribution in [0.15, 0.2) is 57.5 Å². The molecular weight excluding hydrogens is 843 g/mol. The van der Waals surface area contributed by atoms with E-state index in [0.29, 0.717) is 5.75 Å². The van der Waals surface area contributed by atoms with Crippen LogP contribution >= 0.6 is 0 Å². The number of hydrogen-bond acceptors (Lipinski definition) is 16. The van der Waals surface area contributed by atoms with Gasteiger partial charge in [0.25, 0.3) is 11.7 Å². The molecule has 7 aliphatic rings. The molecule has 0 unspecified atom stereocenters. The molecule has 0 saturated carbocycles. The number of ketones is 1. The van der Waals surface area contributed by atoms with E-state index in [-0.39, 0.29) is 79.2 Å². The van der Waals surface area contributed by atoms with Crippen LogP contribution in [0, 0.1) is 24.7 Å². The number of likely N-dealkylation sites (tertiary alicyclic amines) is 1. The summed E-state index contributed by atoms with van der Waals surface area (Å²) in [5, 5.41) is 36.9. The van der Waals surface area contributed by atoms with Crippen molar-refractivity contribution in [1.29, 1.82) is 0 Å². The maximum Gasteiger partial charge on any atom is 0.312 e. The van der Waals surface area contributed by atoms with E-state index in [1.807, 2.05) is 27.0 Å². The van der Waals surface area contributed by atoms with E-state index in [1.54, 1.807) is 26.0 Å². The number of allylic oxidation sites excluding steroid dienone is 2. The Hall–Kier alpha value is -6.01. The number of methoxy groups -OCH3 is 1. The molecule has 17 nitrogen and oxygen atoms in total. The van der Waals surface area contributed by atoms with E-state index in [0.717, 1.165) is 25.9 Å². The van der Waals surface area contributed by atoms with E-state index in [2.05, 4.69) is 10.2 Å². The predicted octanol–water partition coefficient (Wildman–Crippen LogP) is 5.90. The van der Waals surface area contributed by atoms with Crippen molar-refractivity contribution >= 4 is 45.2 Å². The number of carbonyl (C=O) groups is 3. The first-order valence-corrected chi connectivity index (χ1v) is 21.8. The highest BCUT2D eigenvalue weighted by Crippen LogP contribution is 2.51. The van der Waals surface area contributed by atoms with E-state index in [1.165, 1.54) is 52.4 Å². The number of ether oxygens (including phenoxy) is 6. The van der Waals surface area contributed by atoms with Crippen molar-refractivity contribution in [1.82, 2.24) is 9.88 Å². The molecular formula is C48H55N3O14. The molecule has 2 fully saturated rings. The fourth-order valence-electron chi connectivity index (χ4n) is 9.40. The van der Waals surface area contributed by atoms with Gasteiger partial charge in [0.15, 0.2) is 11.3 Å². The third-order valence-corrected chi connectivity index (χ3v) is 13.2. The minimum Gasteiger partial charge on any atom is -0.507 e. The average Bonchev–Trinajstić information content (AvgIpc) is 3.71. The summed E-state index contributed by atoms with van der Waals surface area (Å²) in [6.07, 6.45) is 4.81. The molecule has 0 aromatic heterocycles. The zero-order valence-corrected chi connectivity index (χ0v) is 37.8. The highest BCUT2D eigenvalue weighted by molar-refractivity contribution is 6.22. The quantitative estimate of drug-likeness (QED) is 0.106. The summed E-state index contributed by atoms with van der Waals surface area (Å²) in [5.41, 5.74) is -1.40. The number of aromatic nitrogens is 1. The highest BCUT2D eigenvalue weighted by Gasteiger charge is 2.51. The first-order chi connectivity index (χ1) is 30.8. The number of nitrogens with zero attached hydrogens (tertiary/aromatic N) is 2. The maximum atomic E-state index is 14.8. The number of anilines is 1. The van der Waals surface area contributed by atoms with Gasteiger partial charge in [-0.15, -0.1) is 0 Å². The average molecular weight is 898 g/mol. The second-order valence-corrected chi connectivity index (χ2v) is 17.9. The number of hydrogen-bond donors (Lipinski definition) is 4. The van der Waals surface area contributed by atoms with E-state index in [9.17, 15) is 34.5 Å². The van der Waals surface area contributed by atoms with Crippen LogP contribution in [0.5, 0.6) is 23.0 Å². The molecule has 4 N–H and O–H groups in total. The number of fused-ring (bicyclic) bond motifs is 9. The third kappa shape index (κ3) is 8.08. The maximum absolute atomic E-state index is 14.8. The van der Waals surface area contributed by atoms with Gasteiger partial charge in [0.2, 0.25) is 5.43 Å². The molecule has 0 spiro atoms. The number of rotatable bonds is 4. The number of nitrogens with one attached hydrogen (secondary N) is 1. The molecule has 1 amide bonds. The van der Waals surface area contributed by atoms with Gasteiger partial charge in [0, 0.05) is 80.5 Å². The molecule has 9 atom stereocenters. The monoisotopic (exact) mass is 897 g/mol. The molecule has 1 aliphatic carbocycles. The topological polar surface area (TPSA) is 226 Å². The first kappa shape index (κ1) is 45.6. The summed E-state index contributed by atoms with van der Waals surface area (Å²) >= 11 is 0. The largest absolute Gasteiger partial charge is 0.507 e. The van der Waals surface area contributed by atoms with Gasteiger partial charge < -0.3 is 58.4 Å². The Kier molecular flexibility index (Phi) is 12.2. The fraction of sp³-hybridized carbons (Fsp3) is 0.479. The number of carbonyl (C=O) groups excluding carboxylic acids is 3. The summed E-state index contributed by atoms with van der Waals surface area (Å²) in [5.74, 6) is -6.37. The van der Waals surface area contributed by atoms with Crippen molar-refractivity contribution in [3.8, 4) is 34.5 Å². The van der Waals surface area contributed by atoms with Crippen molar-refractivity contribution in [3.05, 3.63) is 69.6 Å². The number of amides is 1. The van der Waals surface area contributed by atoms with Crippen LogP contribution in [-0.2, 0) is 28.5 Å². The van der Waals surface area contributed by atoms with E-state index in [4.69, 9.17) is 37.8 Å². The number of benzene rings is 3. The molecule has 17 heteroatoms. The van der Waals surface area contributed by atoms with Gasteiger partial charge in [-0.1, -0.05) is 39.0 Å². The number of esters is 1. The minimum absolute atomic E-state index is 0.0127. The van der Waals surface area contributed by atoms with Gasteiger partial charge in [-0.3, -0.25) is 19.2 Å². The fourth-order valence-corrected chi connectivity index (χ4v) is 9.40. The molecule has 2 aromatic rings. The lowest BCUT2D eigenvalue weighted by molar-refractivity contribution is -0.168. The SMILES string of the molecule is CO[C@H]1/C=C/O[C@@]2(C)Oc3c(C)c(O)c4c(=O)c(c5oc6cc(OC7CCN(C)CC7)cc(O)c6nc-5c4c3C2=O)NC(=O)/C(C)=C\C=C\[C@H](C)[C@@H]2O[C@H]([C@H](O)[C@@H]2C)[C@H](OC(C)=O)[C@@H]1C. The van der Waals surface area contributed by atoms with Gasteiger partial charge >= 0.3 is 11.8 Å². The Morgan fingerprint density at radius 1 is 1.02 bits per heavy atom. The van der Waals surface area contributed by atoms with Crippen molar-refractivity contribution < 1.29 is 62.5 Å². The van der Waals surface area contributed by atoms with Crippen molar-refractivity contribution in [3.63, 3.8) is 0 Å². The zero-order chi connectivity index (χ0) is 46.8. The minimum atomic E-state index is -2.08. The number of piperidine rings is 1. The molecule has 2 aromatic carbocycles. The van der Waals surface area contributed by atoms with Crippen LogP contribution in [-0.4, -0.2) is 113 Å². The summed E-state index contributed by atoms with van der Waals surface area (Å²) in [7, 11) is 3.47. The van der Waals surface area contributed by atoms with Gasteiger partial charge in [0.1, 0.15) is 58.2 Å². The van der Waals surface area contributed by atoms with Crippen LogP contribution in [0.3, 0.4) is 0 Å². The van der Waals surface area contributed by atoms with Gasteiger partial charge in [-0.2, -0.15) is 0 Å². The van der Waals surface area contributed by atoms with Crippen LogP contribution in [0.4, 0.5) is 5.69 Å². The van der Waals surface area contributed by atoms with Gasteiger partial charge in [-0.05, 0) is 39.8 Å². The number of aliphatic hydroxyl groups is 1. The molecule has 7 bridgehead atoms. The summed E-state index contributed by atoms with van der Waals surface area (Å²) in [4.78, 5) is 63.0. The number of aromatic hydroxyl groups is 2. The Balaban J connectivity index is 1.32. The van der Waals surface area contributed by atoms with Crippen molar-refractivity contribution in [2.24, 2.45) is 17.8 Å². The number of phenols is 2. The Morgan fingerprint density at radius 2 is 1.74 bits per heavy atom. The molecule has 346 valence electrons. The lowest BCUT2D eigenvalue weighted by Gasteiger charge is -2.33. The molecule has 6 aliphatic heterocycles. The summed E-state index contributed by atoms with van der Waals surface area (Å²) in [6, 6.07) is 2.95. The third-order valence-electron chi connectivity index (χ3n) is 13.2. The van der Waals surface area contributed by atoms with Crippen molar-refractivity contribution in [2.75, 3.05) is 32.6 Å². The molecule has 65 heavy (non-hydrogen) atoms. The molecule has 6 heterocycles. The lowest BCUT2D eigenvalue weighted by Crippen LogP contribution is -2.46. The summed E-state index contributed by atoms with van der Waals surface area (Å²) < 4.78 is 43.1. The van der Waals surface area contributed by atoms with Gasteiger partial charge in [-0.25, -0.2) is 4.98 Å².